The van der Waals surface area contributed by atoms with E-state index in [4.69, 9.17) is 9.47 Å². The van der Waals surface area contributed by atoms with E-state index in [9.17, 15) is 14.7 Å². The van der Waals surface area contributed by atoms with Gasteiger partial charge in [0.1, 0.15) is 23.4 Å². The van der Waals surface area contributed by atoms with Gasteiger partial charge in [0, 0.05) is 6.07 Å². The van der Waals surface area contributed by atoms with Crippen LogP contribution in [0.15, 0.2) is 24.3 Å². The first-order chi connectivity index (χ1) is 13.3. The van der Waals surface area contributed by atoms with Gasteiger partial charge in [0.25, 0.3) is 5.91 Å². The molecule has 1 aromatic heterocycles. The number of ether oxygens (including phenoxy) is 2. The molecule has 2 aromatic rings. The summed E-state index contributed by atoms with van der Waals surface area (Å²) >= 11 is 0. The highest BCUT2D eigenvalue weighted by molar-refractivity contribution is 5.84. The van der Waals surface area contributed by atoms with Crippen LogP contribution in [0.5, 0.6) is 11.5 Å². The molecule has 1 N–H and O–H groups in total. The summed E-state index contributed by atoms with van der Waals surface area (Å²) in [7, 11) is 0. The zero-order valence-electron chi connectivity index (χ0n) is 16.2. The van der Waals surface area contributed by atoms with E-state index >= 15 is 0 Å². The molecule has 0 fully saturated rings. The van der Waals surface area contributed by atoms with Crippen molar-refractivity contribution in [3.63, 3.8) is 0 Å². The fourth-order valence-corrected chi connectivity index (χ4v) is 2.93. The molecule has 28 heavy (non-hydrogen) atoms. The Morgan fingerprint density at radius 1 is 1.25 bits per heavy atom. The quantitative estimate of drug-likeness (QED) is 0.766. The molecule has 0 saturated heterocycles. The molecule has 0 radical (unpaired) electrons. The molecule has 9 heteroatoms. The Bertz CT molecular complexity index is 864. The van der Waals surface area contributed by atoms with Crippen molar-refractivity contribution in [1.29, 1.82) is 0 Å². The lowest BCUT2D eigenvalue weighted by Crippen LogP contribution is -2.52. The predicted octanol–water partition coefficient (Wildman–Crippen LogP) is 1.50. The predicted molar refractivity (Wildman–Crippen MR) is 99.0 cm³/mol. The molecule has 0 spiro atoms. The van der Waals surface area contributed by atoms with E-state index in [0.717, 1.165) is 0 Å². The second-order valence-electron chi connectivity index (χ2n) is 7.12. The Hall–Kier alpha value is -3.10. The summed E-state index contributed by atoms with van der Waals surface area (Å²) < 4.78 is 13.0. The number of aliphatic carboxylic acids is 1. The maximum atomic E-state index is 12.7. The highest BCUT2D eigenvalue weighted by Crippen LogP contribution is 2.21. The monoisotopic (exact) mass is 388 g/mol. The van der Waals surface area contributed by atoms with Crippen LogP contribution in [0.4, 0.5) is 0 Å². The number of carbonyl (C=O) groups excluding carboxylic acids is 1. The number of nitrogens with zero attached hydrogens (tertiary/aromatic N) is 4. The second kappa shape index (κ2) is 8.28. The zero-order chi connectivity index (χ0) is 20.3. The van der Waals surface area contributed by atoms with E-state index < -0.39 is 17.9 Å². The van der Waals surface area contributed by atoms with Crippen molar-refractivity contribution in [2.24, 2.45) is 5.92 Å². The first kappa shape index (κ1) is 19.7. The van der Waals surface area contributed by atoms with Crippen LogP contribution in [0.3, 0.4) is 0 Å². The third-order valence-electron chi connectivity index (χ3n) is 4.41. The van der Waals surface area contributed by atoms with E-state index in [1.54, 1.807) is 29.7 Å². The average molecular weight is 388 g/mol. The van der Waals surface area contributed by atoms with Crippen LogP contribution in [0, 0.1) is 12.8 Å². The van der Waals surface area contributed by atoms with Gasteiger partial charge in [-0.05, 0) is 25.0 Å². The van der Waals surface area contributed by atoms with Gasteiger partial charge in [-0.15, -0.1) is 10.2 Å². The third kappa shape index (κ3) is 4.41. The Labute approximate surface area is 162 Å². The molecule has 0 saturated carbocycles. The number of carboxylic acids is 1. The van der Waals surface area contributed by atoms with Crippen molar-refractivity contribution in [3.05, 3.63) is 35.9 Å². The zero-order valence-corrected chi connectivity index (χ0v) is 16.2. The van der Waals surface area contributed by atoms with Gasteiger partial charge in [-0.1, -0.05) is 19.9 Å². The molecule has 2 heterocycles. The van der Waals surface area contributed by atoms with Gasteiger partial charge in [0.15, 0.2) is 12.4 Å². The minimum Gasteiger partial charge on any atom is -0.493 e. The minimum atomic E-state index is -1.07. The van der Waals surface area contributed by atoms with Gasteiger partial charge in [0.2, 0.25) is 0 Å². The van der Waals surface area contributed by atoms with Crippen LogP contribution in [-0.2, 0) is 22.7 Å². The number of fused-ring (bicyclic) bond motifs is 1. The van der Waals surface area contributed by atoms with Crippen molar-refractivity contribution >= 4 is 11.9 Å². The van der Waals surface area contributed by atoms with Crippen molar-refractivity contribution in [2.45, 2.75) is 39.9 Å². The molecule has 0 bridgehead atoms. The summed E-state index contributed by atoms with van der Waals surface area (Å²) in [6.07, 6.45) is 0. The van der Waals surface area contributed by atoms with Crippen LogP contribution in [-0.4, -0.2) is 55.9 Å². The number of aryl methyl sites for hydroxylation is 1. The maximum Gasteiger partial charge on any atom is 0.328 e. The fraction of sp³-hybridized carbons (Fsp3) is 0.474. The smallest absolute Gasteiger partial charge is 0.328 e. The summed E-state index contributed by atoms with van der Waals surface area (Å²) in [5.74, 6) is 1.23. The highest BCUT2D eigenvalue weighted by atomic mass is 16.5. The molecular weight excluding hydrogens is 364 g/mol. The van der Waals surface area contributed by atoms with Gasteiger partial charge in [-0.2, -0.15) is 0 Å². The first-order valence-corrected chi connectivity index (χ1v) is 9.11. The summed E-state index contributed by atoms with van der Waals surface area (Å²) in [5, 5.41) is 17.5. The first-order valence-electron chi connectivity index (χ1n) is 9.11. The van der Waals surface area contributed by atoms with E-state index in [0.29, 0.717) is 35.7 Å². The number of aromatic nitrogens is 3. The van der Waals surface area contributed by atoms with Crippen molar-refractivity contribution in [2.75, 3.05) is 13.2 Å². The molecule has 1 aromatic carbocycles. The lowest BCUT2D eigenvalue weighted by molar-refractivity contribution is -0.153. The molecule has 9 nitrogen and oxygen atoms in total. The molecule has 3 rings (SSSR count). The topological polar surface area (TPSA) is 107 Å². The number of amides is 1. The average Bonchev–Trinajstić information content (AvgIpc) is 3.04. The summed E-state index contributed by atoms with van der Waals surface area (Å²) in [6.45, 7) is 6.37. The van der Waals surface area contributed by atoms with E-state index in [-0.39, 0.29) is 19.7 Å². The van der Waals surface area contributed by atoms with Crippen LogP contribution >= 0.6 is 0 Å². The summed E-state index contributed by atoms with van der Waals surface area (Å²) in [4.78, 5) is 25.6. The van der Waals surface area contributed by atoms with Crippen LogP contribution in [0.25, 0.3) is 0 Å². The number of hydrogen-bond acceptors (Lipinski definition) is 6. The lowest BCUT2D eigenvalue weighted by Gasteiger charge is -2.33. The molecule has 1 unspecified atom stereocenters. The number of hydrogen-bond donors (Lipinski definition) is 1. The molecule has 1 amide bonds. The van der Waals surface area contributed by atoms with Crippen molar-refractivity contribution in [1.82, 2.24) is 19.7 Å². The second-order valence-corrected chi connectivity index (χ2v) is 7.12. The lowest BCUT2D eigenvalue weighted by atomic mass is 10.2. The van der Waals surface area contributed by atoms with Gasteiger partial charge in [-0.3, -0.25) is 4.79 Å². The number of carboxylic acid groups (broad SMARTS) is 1. The fourth-order valence-electron chi connectivity index (χ4n) is 2.93. The highest BCUT2D eigenvalue weighted by Gasteiger charge is 2.36. The van der Waals surface area contributed by atoms with E-state index in [1.165, 1.54) is 4.90 Å². The van der Waals surface area contributed by atoms with E-state index in [1.807, 2.05) is 6.07 Å². The Kier molecular flexibility index (Phi) is 5.81. The summed E-state index contributed by atoms with van der Waals surface area (Å²) in [5.41, 5.74) is 0. The van der Waals surface area contributed by atoms with Crippen molar-refractivity contribution < 1.29 is 24.2 Å². The molecule has 1 aliphatic rings. The SMILES string of the molecule is Cc1nnc2n1CC(C(=O)O)N(C(=O)COc1cccc(OCC(C)C)c1)C2. The van der Waals surface area contributed by atoms with Crippen LogP contribution < -0.4 is 9.47 Å². The Balaban J connectivity index is 1.65. The van der Waals surface area contributed by atoms with Crippen molar-refractivity contribution in [3.8, 4) is 11.5 Å². The van der Waals surface area contributed by atoms with E-state index in [2.05, 4.69) is 24.0 Å². The molecule has 0 aliphatic carbocycles. The number of carbonyl (C=O) groups is 2. The Morgan fingerprint density at radius 3 is 2.64 bits per heavy atom. The molecular formula is C19H24N4O5. The molecule has 1 aliphatic heterocycles. The number of benzene rings is 1. The standard InChI is InChI=1S/C19H24N4O5/c1-12(2)10-27-14-5-4-6-15(7-14)28-11-18(24)23-9-17-21-20-13(3)22(17)8-16(23)19(25)26/h4-7,12,16H,8-11H2,1-3H3,(H,25,26). The van der Waals surface area contributed by atoms with Gasteiger partial charge in [0.05, 0.1) is 19.7 Å². The molecule has 1 atom stereocenters. The van der Waals surface area contributed by atoms with Gasteiger partial charge >= 0.3 is 5.97 Å². The third-order valence-corrected chi connectivity index (χ3v) is 4.41. The minimum absolute atomic E-state index is 0.0809. The van der Waals surface area contributed by atoms with Gasteiger partial charge in [-0.25, -0.2) is 4.79 Å². The normalized spacial score (nSPS) is 16.0. The largest absolute Gasteiger partial charge is 0.493 e. The van der Waals surface area contributed by atoms with Gasteiger partial charge < -0.3 is 24.0 Å². The number of rotatable bonds is 7. The maximum absolute atomic E-state index is 12.7. The summed E-state index contributed by atoms with van der Waals surface area (Å²) in [6, 6.07) is 6.04. The molecule has 150 valence electrons. The van der Waals surface area contributed by atoms with Crippen LogP contribution in [0.1, 0.15) is 25.5 Å². The van der Waals surface area contributed by atoms with Crippen LogP contribution in [0.2, 0.25) is 0 Å². The Morgan fingerprint density at radius 2 is 1.96 bits per heavy atom.